The zero-order valence-electron chi connectivity index (χ0n) is 10.9. The van der Waals surface area contributed by atoms with E-state index in [1.165, 1.54) is 4.90 Å². The Labute approximate surface area is 114 Å². The maximum atomic E-state index is 13.5. The largest absolute Gasteiger partial charge is 0.465 e. The number of amides is 1. The molecule has 2 aliphatic heterocycles. The summed E-state index contributed by atoms with van der Waals surface area (Å²) in [5.74, 6) is -0.0125. The molecule has 2 aliphatic rings. The van der Waals surface area contributed by atoms with Crippen molar-refractivity contribution in [1.82, 2.24) is 9.80 Å². The van der Waals surface area contributed by atoms with E-state index in [0.717, 1.165) is 4.90 Å². The molecule has 8 heteroatoms. The zero-order valence-corrected chi connectivity index (χ0v) is 10.9. The predicted octanol–water partition coefficient (Wildman–Crippen LogP) is 1.73. The van der Waals surface area contributed by atoms with Crippen LogP contribution in [-0.4, -0.2) is 64.7 Å². The van der Waals surface area contributed by atoms with Crippen LogP contribution in [0.15, 0.2) is 0 Å². The highest BCUT2D eigenvalue weighted by Gasteiger charge is 2.59. The number of hydrogen-bond donors (Lipinski definition) is 1. The lowest BCUT2D eigenvalue weighted by molar-refractivity contribution is -0.246. The molecule has 2 rings (SSSR count). The van der Waals surface area contributed by atoms with Gasteiger partial charge in [-0.15, -0.1) is 0 Å². The minimum atomic E-state index is -4.42. The van der Waals surface area contributed by atoms with Gasteiger partial charge in [-0.25, -0.2) is 4.79 Å². The number of alkyl halides is 3. The Morgan fingerprint density at radius 3 is 2.00 bits per heavy atom. The van der Waals surface area contributed by atoms with Crippen LogP contribution in [0.25, 0.3) is 0 Å². The lowest BCUT2D eigenvalue weighted by Crippen LogP contribution is -2.65. The van der Waals surface area contributed by atoms with Crippen LogP contribution in [0.1, 0.15) is 25.7 Å². The first-order valence-corrected chi connectivity index (χ1v) is 6.58. The van der Waals surface area contributed by atoms with E-state index in [1.54, 1.807) is 0 Å². The van der Waals surface area contributed by atoms with Crippen molar-refractivity contribution in [2.75, 3.05) is 26.2 Å². The number of halogens is 3. The minimum absolute atomic E-state index is 0.0125. The monoisotopic (exact) mass is 294 g/mol. The third kappa shape index (κ3) is 2.61. The quantitative estimate of drug-likeness (QED) is 0.800. The average molecular weight is 294 g/mol. The molecular formula is C12H17F3N2O3. The van der Waals surface area contributed by atoms with Gasteiger partial charge < -0.3 is 10.0 Å². The Kier molecular flexibility index (Phi) is 3.95. The third-order valence-electron chi connectivity index (χ3n) is 4.32. The molecule has 0 aromatic rings. The normalized spacial score (nSPS) is 24.8. The summed E-state index contributed by atoms with van der Waals surface area (Å²) >= 11 is 0. The second-order valence-electron chi connectivity index (χ2n) is 5.32. The molecule has 114 valence electrons. The fourth-order valence-corrected chi connectivity index (χ4v) is 3.03. The van der Waals surface area contributed by atoms with Crippen molar-refractivity contribution < 1.29 is 27.9 Å². The topological polar surface area (TPSA) is 60.9 Å². The summed E-state index contributed by atoms with van der Waals surface area (Å²) in [4.78, 5) is 24.4. The van der Waals surface area contributed by atoms with E-state index in [2.05, 4.69) is 0 Å². The van der Waals surface area contributed by atoms with Gasteiger partial charge in [0.1, 0.15) is 11.3 Å². The number of hydrogen-bond acceptors (Lipinski definition) is 3. The molecule has 5 nitrogen and oxygen atoms in total. The van der Waals surface area contributed by atoms with Gasteiger partial charge in [0, 0.05) is 39.0 Å². The molecule has 1 N–H and O–H groups in total. The third-order valence-corrected chi connectivity index (χ3v) is 4.32. The number of likely N-dealkylation sites (tertiary alicyclic amines) is 2. The smallest absolute Gasteiger partial charge is 0.407 e. The Hall–Kier alpha value is -1.31. The summed E-state index contributed by atoms with van der Waals surface area (Å²) in [6.45, 7) is -0.0462. The predicted molar refractivity (Wildman–Crippen MR) is 63.4 cm³/mol. The highest BCUT2D eigenvalue weighted by atomic mass is 19.4. The van der Waals surface area contributed by atoms with Crippen LogP contribution in [0.4, 0.5) is 18.0 Å². The molecule has 0 aliphatic carbocycles. The van der Waals surface area contributed by atoms with E-state index in [-0.39, 0.29) is 57.6 Å². The van der Waals surface area contributed by atoms with Crippen molar-refractivity contribution in [3.8, 4) is 0 Å². The lowest BCUT2D eigenvalue weighted by Gasteiger charge is -2.50. The van der Waals surface area contributed by atoms with Crippen molar-refractivity contribution in [3.05, 3.63) is 0 Å². The summed E-state index contributed by atoms with van der Waals surface area (Å²) < 4.78 is 40.5. The van der Waals surface area contributed by atoms with Crippen LogP contribution in [0, 0.1) is 0 Å². The first-order valence-electron chi connectivity index (χ1n) is 6.58. The molecule has 0 radical (unpaired) electrons. The lowest BCUT2D eigenvalue weighted by atomic mass is 9.83. The van der Waals surface area contributed by atoms with Gasteiger partial charge in [-0.2, -0.15) is 13.2 Å². The molecule has 2 saturated heterocycles. The molecule has 0 atom stereocenters. The molecule has 0 saturated carbocycles. The van der Waals surface area contributed by atoms with Crippen molar-refractivity contribution in [2.45, 2.75) is 37.4 Å². The summed E-state index contributed by atoms with van der Waals surface area (Å²) in [6, 6.07) is 0. The average Bonchev–Trinajstić information content (AvgIpc) is 2.38. The fraction of sp³-hybridized carbons (Fsp3) is 0.833. The summed E-state index contributed by atoms with van der Waals surface area (Å²) in [6.07, 6.45) is -5.86. The maximum Gasteiger partial charge on any atom is 0.407 e. The SMILES string of the molecule is O=C1CCN(C2(C(F)(F)F)CCN(C(=O)O)CC2)CC1. The number of piperidine rings is 2. The van der Waals surface area contributed by atoms with E-state index < -0.39 is 17.8 Å². The highest BCUT2D eigenvalue weighted by Crippen LogP contribution is 2.44. The molecule has 0 spiro atoms. The second-order valence-corrected chi connectivity index (χ2v) is 5.32. The van der Waals surface area contributed by atoms with Gasteiger partial charge in [0.25, 0.3) is 0 Å². The molecule has 0 bridgehead atoms. The highest BCUT2D eigenvalue weighted by molar-refractivity contribution is 5.79. The van der Waals surface area contributed by atoms with Crippen LogP contribution >= 0.6 is 0 Å². The molecule has 0 aromatic heterocycles. The fourth-order valence-electron chi connectivity index (χ4n) is 3.03. The summed E-state index contributed by atoms with van der Waals surface area (Å²) in [7, 11) is 0. The molecule has 0 aromatic carbocycles. The first kappa shape index (κ1) is 15.1. The number of rotatable bonds is 1. The van der Waals surface area contributed by atoms with Crippen LogP contribution in [0.5, 0.6) is 0 Å². The molecule has 20 heavy (non-hydrogen) atoms. The van der Waals surface area contributed by atoms with Gasteiger partial charge in [0.2, 0.25) is 0 Å². The minimum Gasteiger partial charge on any atom is -0.465 e. The van der Waals surface area contributed by atoms with Gasteiger partial charge in [-0.3, -0.25) is 9.69 Å². The summed E-state index contributed by atoms with van der Waals surface area (Å²) in [5, 5.41) is 8.84. The van der Waals surface area contributed by atoms with Crippen LogP contribution in [0.3, 0.4) is 0 Å². The van der Waals surface area contributed by atoms with E-state index >= 15 is 0 Å². The number of Topliss-reactive ketones (excluding diaryl/α,β-unsaturated/α-hetero) is 1. The van der Waals surface area contributed by atoms with E-state index in [1.807, 2.05) is 0 Å². The van der Waals surface area contributed by atoms with Gasteiger partial charge in [-0.1, -0.05) is 0 Å². The van der Waals surface area contributed by atoms with Crippen LogP contribution in [-0.2, 0) is 4.79 Å². The second kappa shape index (κ2) is 5.23. The molecular weight excluding hydrogens is 277 g/mol. The number of carboxylic acid groups (broad SMARTS) is 1. The van der Waals surface area contributed by atoms with E-state index in [4.69, 9.17) is 5.11 Å². The Morgan fingerprint density at radius 2 is 1.60 bits per heavy atom. The van der Waals surface area contributed by atoms with Crippen LogP contribution in [0.2, 0.25) is 0 Å². The first-order chi connectivity index (χ1) is 9.26. The van der Waals surface area contributed by atoms with Crippen molar-refractivity contribution in [3.63, 3.8) is 0 Å². The molecule has 0 unspecified atom stereocenters. The number of carbonyl (C=O) groups is 2. The molecule has 1 amide bonds. The zero-order chi connectivity index (χ0) is 15.0. The summed E-state index contributed by atoms with van der Waals surface area (Å²) in [5.41, 5.74) is -1.99. The van der Waals surface area contributed by atoms with Crippen molar-refractivity contribution >= 4 is 11.9 Å². The van der Waals surface area contributed by atoms with E-state index in [9.17, 15) is 22.8 Å². The Bertz CT molecular complexity index is 393. The van der Waals surface area contributed by atoms with Crippen molar-refractivity contribution in [1.29, 1.82) is 0 Å². The van der Waals surface area contributed by atoms with Gasteiger partial charge in [0.15, 0.2) is 0 Å². The maximum absolute atomic E-state index is 13.5. The molecule has 2 fully saturated rings. The Balaban J connectivity index is 2.16. The number of nitrogens with zero attached hydrogens (tertiary/aromatic N) is 2. The van der Waals surface area contributed by atoms with Gasteiger partial charge in [0.05, 0.1) is 0 Å². The standard InChI is InChI=1S/C12H17F3N2O3/c13-12(14,15)11(17-5-1-9(18)2-6-17)3-7-16(8-4-11)10(19)20/h1-8H2,(H,19,20). The van der Waals surface area contributed by atoms with Gasteiger partial charge in [-0.05, 0) is 12.8 Å². The Morgan fingerprint density at radius 1 is 1.10 bits per heavy atom. The number of carbonyl (C=O) groups excluding carboxylic acids is 1. The molecule has 2 heterocycles. The van der Waals surface area contributed by atoms with E-state index in [0.29, 0.717) is 0 Å². The van der Waals surface area contributed by atoms with Crippen molar-refractivity contribution in [2.24, 2.45) is 0 Å². The van der Waals surface area contributed by atoms with Gasteiger partial charge >= 0.3 is 12.3 Å². The number of ketones is 1. The van der Waals surface area contributed by atoms with Crippen LogP contribution < -0.4 is 0 Å².